The van der Waals surface area contributed by atoms with Crippen LogP contribution in [0.3, 0.4) is 0 Å². The minimum Gasteiger partial charge on any atom is -0.493 e. The first-order chi connectivity index (χ1) is 22.3. The number of nitrogens with zero attached hydrogens (tertiary/aromatic N) is 3. The largest absolute Gasteiger partial charge is 0.493 e. The number of piperazine rings is 1. The minimum atomic E-state index is -0.779. The Balaban J connectivity index is 1.13. The molecule has 246 valence electrons. The maximum Gasteiger partial charge on any atom is 0.248 e. The van der Waals surface area contributed by atoms with Gasteiger partial charge < -0.3 is 33.6 Å². The van der Waals surface area contributed by atoms with Gasteiger partial charge >= 0.3 is 0 Å². The number of amides is 1. The predicted octanol–water partition coefficient (Wildman–Crippen LogP) is 6.48. The summed E-state index contributed by atoms with van der Waals surface area (Å²) in [7, 11) is 6.80. The second-order valence-corrected chi connectivity index (χ2v) is 13.4. The minimum absolute atomic E-state index is 0.0510. The first-order valence-electron chi connectivity index (χ1n) is 16.0. The fourth-order valence-corrected chi connectivity index (χ4v) is 7.91. The zero-order chi connectivity index (χ0) is 32.7. The van der Waals surface area contributed by atoms with E-state index >= 15 is 0 Å². The number of benzene rings is 3. The highest BCUT2D eigenvalue weighted by Gasteiger charge is 2.51. The lowest BCUT2D eigenvalue weighted by Gasteiger charge is -2.43. The highest BCUT2D eigenvalue weighted by Crippen LogP contribution is 2.56. The number of thioether (sulfide) groups is 1. The van der Waals surface area contributed by atoms with Crippen LogP contribution in [0.5, 0.6) is 23.0 Å². The van der Waals surface area contributed by atoms with Gasteiger partial charge in [0.15, 0.2) is 11.5 Å². The SMILES string of the molecule is COc1cc(CCN2CCN(CC/C=C\Oc3ccccc3[C@@]3(C(C)C)Sc4ccccc4N(C)C3=O)CC2)cc(OC)c1OC. The molecule has 1 saturated heterocycles. The van der Waals surface area contributed by atoms with Gasteiger partial charge in [0, 0.05) is 56.8 Å². The molecule has 2 aliphatic rings. The molecule has 5 rings (SSSR count). The maximum absolute atomic E-state index is 14.0. The van der Waals surface area contributed by atoms with Crippen LogP contribution in [0.2, 0.25) is 0 Å². The average Bonchev–Trinajstić information content (AvgIpc) is 3.08. The Morgan fingerprint density at radius 3 is 2.13 bits per heavy atom. The monoisotopic (exact) mass is 645 g/mol. The van der Waals surface area contributed by atoms with Crippen LogP contribution >= 0.6 is 11.8 Å². The van der Waals surface area contributed by atoms with Gasteiger partial charge in [-0.15, -0.1) is 11.8 Å². The van der Waals surface area contributed by atoms with Crippen molar-refractivity contribution in [2.75, 3.05) is 72.5 Å². The second kappa shape index (κ2) is 15.3. The quantitative estimate of drug-likeness (QED) is 0.196. The summed E-state index contributed by atoms with van der Waals surface area (Å²) in [4.78, 5) is 21.9. The summed E-state index contributed by atoms with van der Waals surface area (Å²) < 4.78 is 22.0. The number of carbonyl (C=O) groups excluding carboxylic acids is 1. The number of anilines is 1. The van der Waals surface area contributed by atoms with Crippen molar-refractivity contribution in [2.24, 2.45) is 5.92 Å². The van der Waals surface area contributed by atoms with Gasteiger partial charge in [-0.25, -0.2) is 0 Å². The summed E-state index contributed by atoms with van der Waals surface area (Å²) in [5.74, 6) is 2.87. The normalized spacial score (nSPS) is 19.0. The molecular formula is C37H47N3O5S. The molecule has 0 bridgehead atoms. The number of ether oxygens (including phenoxy) is 4. The summed E-state index contributed by atoms with van der Waals surface area (Å²) >= 11 is 1.64. The van der Waals surface area contributed by atoms with E-state index in [0.29, 0.717) is 17.2 Å². The molecule has 2 aliphatic heterocycles. The van der Waals surface area contributed by atoms with E-state index in [2.05, 4.69) is 35.8 Å². The third kappa shape index (κ3) is 7.01. The zero-order valence-corrected chi connectivity index (χ0v) is 28.8. The Kier molecular flexibility index (Phi) is 11.2. The van der Waals surface area contributed by atoms with Crippen LogP contribution in [0.4, 0.5) is 5.69 Å². The van der Waals surface area contributed by atoms with E-state index in [1.165, 1.54) is 5.56 Å². The molecule has 46 heavy (non-hydrogen) atoms. The van der Waals surface area contributed by atoms with Crippen molar-refractivity contribution in [3.63, 3.8) is 0 Å². The maximum atomic E-state index is 14.0. The third-order valence-electron chi connectivity index (χ3n) is 9.03. The zero-order valence-electron chi connectivity index (χ0n) is 28.0. The number of likely N-dealkylation sites (N-methyl/N-ethyl adjacent to an activating group) is 1. The number of carbonyl (C=O) groups is 1. The van der Waals surface area contributed by atoms with Crippen LogP contribution < -0.4 is 23.8 Å². The Bertz CT molecular complexity index is 1500. The van der Waals surface area contributed by atoms with Gasteiger partial charge in [0.1, 0.15) is 10.5 Å². The molecule has 1 amide bonds. The summed E-state index contributed by atoms with van der Waals surface area (Å²) in [6.07, 6.45) is 5.69. The van der Waals surface area contributed by atoms with Gasteiger partial charge in [-0.2, -0.15) is 0 Å². The van der Waals surface area contributed by atoms with Gasteiger partial charge in [-0.3, -0.25) is 4.79 Å². The number of hydrogen-bond acceptors (Lipinski definition) is 8. The number of rotatable bonds is 13. The summed E-state index contributed by atoms with van der Waals surface area (Å²) in [5.41, 5.74) is 3.03. The molecular weight excluding hydrogens is 598 g/mol. The first-order valence-corrected chi connectivity index (χ1v) is 16.8. The van der Waals surface area contributed by atoms with Gasteiger partial charge in [0.25, 0.3) is 0 Å². The summed E-state index contributed by atoms with van der Waals surface area (Å²) in [6.45, 7) is 10.4. The van der Waals surface area contributed by atoms with E-state index < -0.39 is 4.75 Å². The molecule has 8 nitrogen and oxygen atoms in total. The number of fused-ring (bicyclic) bond motifs is 1. The molecule has 2 heterocycles. The molecule has 0 spiro atoms. The van der Waals surface area contributed by atoms with E-state index in [4.69, 9.17) is 18.9 Å². The Labute approximate surface area is 278 Å². The summed E-state index contributed by atoms with van der Waals surface area (Å²) in [5, 5.41) is 0. The Morgan fingerprint density at radius 1 is 0.848 bits per heavy atom. The molecule has 0 aromatic heterocycles. The third-order valence-corrected chi connectivity index (χ3v) is 10.8. The van der Waals surface area contributed by atoms with Crippen LogP contribution in [0.25, 0.3) is 0 Å². The molecule has 1 atom stereocenters. The molecule has 3 aromatic carbocycles. The van der Waals surface area contributed by atoms with E-state index in [9.17, 15) is 4.79 Å². The Morgan fingerprint density at radius 2 is 1.48 bits per heavy atom. The highest BCUT2D eigenvalue weighted by molar-refractivity contribution is 8.01. The van der Waals surface area contributed by atoms with Gasteiger partial charge in [-0.05, 0) is 60.7 Å². The number of hydrogen-bond donors (Lipinski definition) is 0. The van der Waals surface area contributed by atoms with Crippen molar-refractivity contribution in [1.29, 1.82) is 0 Å². The van der Waals surface area contributed by atoms with Crippen molar-refractivity contribution < 1.29 is 23.7 Å². The van der Waals surface area contributed by atoms with E-state index in [0.717, 1.165) is 74.0 Å². The molecule has 0 unspecified atom stereocenters. The average molecular weight is 646 g/mol. The topological polar surface area (TPSA) is 63.7 Å². The molecule has 1 fully saturated rings. The lowest BCUT2D eigenvalue weighted by molar-refractivity contribution is -0.122. The molecule has 0 N–H and O–H groups in total. The lowest BCUT2D eigenvalue weighted by Crippen LogP contribution is -2.49. The number of para-hydroxylation sites is 2. The predicted molar refractivity (Wildman–Crippen MR) is 186 cm³/mol. The molecule has 9 heteroatoms. The van der Waals surface area contributed by atoms with Crippen LogP contribution in [-0.2, 0) is 16.0 Å². The van der Waals surface area contributed by atoms with Crippen molar-refractivity contribution in [2.45, 2.75) is 36.3 Å². The fourth-order valence-electron chi connectivity index (χ4n) is 6.37. The van der Waals surface area contributed by atoms with Crippen LogP contribution in [0.1, 0.15) is 31.4 Å². The standard InChI is InChI=1S/C37H47N3O5S/c1-27(2)37(36(41)38(3)30-14-8-10-16-34(30)46-37)29-13-7-9-15-31(29)45-24-12-11-18-39-20-22-40(23-21-39)19-17-28-25-32(42-4)35(44-6)33(26-28)43-5/h7-10,12-16,24-27H,11,17-23H2,1-6H3/b24-12-/t37-/m1/s1. The van der Waals surface area contributed by atoms with Gasteiger partial charge in [0.05, 0.1) is 33.3 Å². The number of methoxy groups -OCH3 is 3. The van der Waals surface area contributed by atoms with E-state index in [-0.39, 0.29) is 11.8 Å². The molecule has 0 aliphatic carbocycles. The van der Waals surface area contributed by atoms with Crippen molar-refractivity contribution in [3.8, 4) is 23.0 Å². The van der Waals surface area contributed by atoms with Gasteiger partial charge in [-0.1, -0.05) is 44.2 Å². The first kappa shape index (κ1) is 33.7. The molecule has 0 saturated carbocycles. The second-order valence-electron chi connectivity index (χ2n) is 12.1. The smallest absolute Gasteiger partial charge is 0.248 e. The van der Waals surface area contributed by atoms with Crippen molar-refractivity contribution in [3.05, 3.63) is 84.1 Å². The van der Waals surface area contributed by atoms with Crippen molar-refractivity contribution in [1.82, 2.24) is 9.80 Å². The highest BCUT2D eigenvalue weighted by atomic mass is 32.2. The van der Waals surface area contributed by atoms with Crippen LogP contribution in [-0.4, -0.2) is 83.4 Å². The van der Waals surface area contributed by atoms with Crippen LogP contribution in [0.15, 0.2) is 77.9 Å². The molecule has 3 aromatic rings. The van der Waals surface area contributed by atoms with Crippen molar-refractivity contribution >= 4 is 23.4 Å². The lowest BCUT2D eigenvalue weighted by atomic mass is 9.85. The van der Waals surface area contributed by atoms with Gasteiger partial charge in [0.2, 0.25) is 11.7 Å². The van der Waals surface area contributed by atoms with Crippen LogP contribution in [0, 0.1) is 5.92 Å². The van der Waals surface area contributed by atoms with E-state index in [1.54, 1.807) is 44.3 Å². The fraction of sp³-hybridized carbons (Fsp3) is 0.432. The molecule has 0 radical (unpaired) electrons. The van der Waals surface area contributed by atoms with E-state index in [1.807, 2.05) is 61.6 Å². The Hall–Kier alpha value is -3.66. The summed E-state index contributed by atoms with van der Waals surface area (Å²) in [6, 6.07) is 20.2.